The van der Waals surface area contributed by atoms with Crippen LogP contribution in [-0.4, -0.2) is 29.3 Å². The van der Waals surface area contributed by atoms with E-state index in [9.17, 15) is 9.59 Å². The average Bonchev–Trinajstić information content (AvgIpc) is 2.44. The number of aryl methyl sites for hydroxylation is 1. The predicted octanol–water partition coefficient (Wildman–Crippen LogP) is 4.21. The number of nitrogens with zero attached hydrogens (tertiary/aromatic N) is 1. The van der Waals surface area contributed by atoms with Gasteiger partial charge in [-0.1, -0.05) is 18.2 Å². The number of nitrogens with one attached hydrogen (secondary N) is 2. The molecule has 0 radical (unpaired) electrons. The number of alkyl carbamates (subject to hydrolysis) is 2. The monoisotopic (exact) mass is 377 g/mol. The lowest BCUT2D eigenvalue weighted by atomic mass is 10.0. The Hall–Kier alpha value is -2.57. The smallest absolute Gasteiger partial charge is 0.414 e. The average molecular weight is 377 g/mol. The van der Waals surface area contributed by atoms with Crippen LogP contribution in [0.4, 0.5) is 9.59 Å². The molecule has 0 spiro atoms. The second-order valence-electron chi connectivity index (χ2n) is 8.28. The Bertz CT molecular complexity index is 681. The molecule has 7 nitrogen and oxygen atoms in total. The van der Waals surface area contributed by atoms with Crippen molar-refractivity contribution in [1.29, 1.82) is 0 Å². The largest absolute Gasteiger partial charge is 0.444 e. The van der Waals surface area contributed by atoms with Crippen LogP contribution < -0.4 is 10.6 Å². The summed E-state index contributed by atoms with van der Waals surface area (Å²) < 4.78 is 10.4. The third-order valence-electron chi connectivity index (χ3n) is 3.36. The van der Waals surface area contributed by atoms with Gasteiger partial charge in [0.05, 0.1) is 6.54 Å². The van der Waals surface area contributed by atoms with Crippen molar-refractivity contribution in [2.45, 2.75) is 73.1 Å². The zero-order valence-electron chi connectivity index (χ0n) is 17.5. The minimum Gasteiger partial charge on any atom is -0.444 e. The van der Waals surface area contributed by atoms with Crippen LogP contribution >= 0.6 is 0 Å². The molecule has 150 valence electrons. The van der Waals surface area contributed by atoms with Gasteiger partial charge in [-0.2, -0.15) is 0 Å². The topological polar surface area (TPSA) is 89.0 Å². The lowest BCUT2D eigenvalue weighted by Gasteiger charge is -2.22. The first kappa shape index (κ1) is 22.5. The summed E-state index contributed by atoms with van der Waals surface area (Å²) in [5, 5.41) is 4.94. The summed E-state index contributed by atoms with van der Waals surface area (Å²) in [5.74, 6) is -0.0283. The molecule has 0 aliphatic rings. The number of guanidine groups is 1. The van der Waals surface area contributed by atoms with Crippen LogP contribution in [0.2, 0.25) is 0 Å². The van der Waals surface area contributed by atoms with Crippen molar-refractivity contribution in [2.75, 3.05) is 0 Å². The Labute approximate surface area is 161 Å². The fourth-order valence-corrected chi connectivity index (χ4v) is 2.06. The second-order valence-corrected chi connectivity index (χ2v) is 8.28. The summed E-state index contributed by atoms with van der Waals surface area (Å²) >= 11 is 0. The number of hydrogen-bond acceptors (Lipinski definition) is 5. The molecule has 27 heavy (non-hydrogen) atoms. The Morgan fingerprint density at radius 2 is 1.41 bits per heavy atom. The highest BCUT2D eigenvalue weighted by Crippen LogP contribution is 2.14. The van der Waals surface area contributed by atoms with Gasteiger partial charge in [0.2, 0.25) is 5.96 Å². The summed E-state index contributed by atoms with van der Waals surface area (Å²) in [5.41, 5.74) is 1.90. The Balaban J connectivity index is 2.96. The third kappa shape index (κ3) is 9.08. The van der Waals surface area contributed by atoms with E-state index < -0.39 is 23.4 Å². The van der Waals surface area contributed by atoms with E-state index in [1.807, 2.05) is 32.0 Å². The van der Waals surface area contributed by atoms with Crippen LogP contribution in [0, 0.1) is 13.8 Å². The number of carbonyl (C=O) groups is 2. The Morgan fingerprint density at radius 3 is 1.85 bits per heavy atom. The van der Waals surface area contributed by atoms with Crippen LogP contribution in [0.5, 0.6) is 0 Å². The van der Waals surface area contributed by atoms with Gasteiger partial charge < -0.3 is 9.47 Å². The standard InChI is InChI=1S/C20H31N3O4/c1-13-10-9-11-15(14(13)2)12-21-16(22-17(24)26-19(3,4)5)23-18(25)27-20(6,7)8/h9-11H,12H2,1-8H3,(H2,21,22,23,24,25). The van der Waals surface area contributed by atoms with E-state index in [1.165, 1.54) is 0 Å². The zero-order valence-corrected chi connectivity index (χ0v) is 17.5. The number of aliphatic imine (C=N–C) groups is 1. The first-order valence-corrected chi connectivity index (χ1v) is 8.86. The molecule has 2 N–H and O–H groups in total. The van der Waals surface area contributed by atoms with Gasteiger partial charge in [0, 0.05) is 0 Å². The second kappa shape index (κ2) is 8.88. The minimum absolute atomic E-state index is 0.0283. The summed E-state index contributed by atoms with van der Waals surface area (Å²) in [6.45, 7) is 14.8. The molecule has 0 atom stereocenters. The Kier molecular flexibility index (Phi) is 7.39. The Morgan fingerprint density at radius 1 is 0.926 bits per heavy atom. The SMILES string of the molecule is Cc1cccc(CN=C(NC(=O)OC(C)(C)C)NC(=O)OC(C)(C)C)c1C. The van der Waals surface area contributed by atoms with Crippen LogP contribution in [0.3, 0.4) is 0 Å². The van der Waals surface area contributed by atoms with Gasteiger partial charge in [-0.3, -0.25) is 10.6 Å². The quantitative estimate of drug-likeness (QED) is 0.597. The maximum Gasteiger partial charge on any atom is 0.414 e. The van der Waals surface area contributed by atoms with Gasteiger partial charge in [0.15, 0.2) is 0 Å². The van der Waals surface area contributed by atoms with E-state index in [4.69, 9.17) is 9.47 Å². The van der Waals surface area contributed by atoms with Crippen LogP contribution in [0.15, 0.2) is 23.2 Å². The number of ether oxygens (including phenoxy) is 2. The van der Waals surface area contributed by atoms with Crippen molar-refractivity contribution in [2.24, 2.45) is 4.99 Å². The number of carbonyl (C=O) groups excluding carboxylic acids is 2. The van der Waals surface area contributed by atoms with Crippen LogP contribution in [0.25, 0.3) is 0 Å². The van der Waals surface area contributed by atoms with E-state index in [-0.39, 0.29) is 12.5 Å². The molecule has 1 aromatic carbocycles. The van der Waals surface area contributed by atoms with Crippen LogP contribution in [0.1, 0.15) is 58.2 Å². The third-order valence-corrected chi connectivity index (χ3v) is 3.36. The molecule has 7 heteroatoms. The first-order chi connectivity index (χ1) is 12.3. The molecule has 0 saturated heterocycles. The highest BCUT2D eigenvalue weighted by atomic mass is 16.6. The predicted molar refractivity (Wildman–Crippen MR) is 106 cm³/mol. The fourth-order valence-electron chi connectivity index (χ4n) is 2.06. The lowest BCUT2D eigenvalue weighted by Crippen LogP contribution is -2.47. The van der Waals surface area contributed by atoms with E-state index in [0.717, 1.165) is 16.7 Å². The first-order valence-electron chi connectivity index (χ1n) is 8.86. The van der Waals surface area contributed by atoms with Gasteiger partial charge in [-0.25, -0.2) is 14.6 Å². The van der Waals surface area contributed by atoms with E-state index in [0.29, 0.717) is 0 Å². The highest BCUT2D eigenvalue weighted by Gasteiger charge is 2.21. The summed E-state index contributed by atoms with van der Waals surface area (Å²) in [6.07, 6.45) is -1.42. The molecule has 0 bridgehead atoms. The normalized spacial score (nSPS) is 11.4. The summed E-state index contributed by atoms with van der Waals surface area (Å²) in [7, 11) is 0. The molecule has 2 amide bonds. The van der Waals surface area contributed by atoms with E-state index >= 15 is 0 Å². The van der Waals surface area contributed by atoms with Gasteiger partial charge in [0.1, 0.15) is 11.2 Å². The summed E-state index contributed by atoms with van der Waals surface area (Å²) in [6, 6.07) is 5.90. The number of amides is 2. The number of hydrogen-bond donors (Lipinski definition) is 2. The van der Waals surface area contributed by atoms with E-state index in [1.54, 1.807) is 41.5 Å². The van der Waals surface area contributed by atoms with Crippen LogP contribution in [-0.2, 0) is 16.0 Å². The molecular weight excluding hydrogens is 346 g/mol. The molecule has 0 unspecified atom stereocenters. The highest BCUT2D eigenvalue weighted by molar-refractivity contribution is 6.01. The van der Waals surface area contributed by atoms with Gasteiger partial charge in [0.25, 0.3) is 0 Å². The van der Waals surface area contributed by atoms with Crippen molar-refractivity contribution < 1.29 is 19.1 Å². The molecular formula is C20H31N3O4. The zero-order chi connectivity index (χ0) is 20.8. The number of benzene rings is 1. The lowest BCUT2D eigenvalue weighted by molar-refractivity contribution is 0.0545. The van der Waals surface area contributed by atoms with E-state index in [2.05, 4.69) is 15.6 Å². The maximum absolute atomic E-state index is 12.1. The van der Waals surface area contributed by atoms with Crippen molar-refractivity contribution in [3.8, 4) is 0 Å². The number of rotatable bonds is 2. The molecule has 0 aromatic heterocycles. The van der Waals surface area contributed by atoms with Crippen molar-refractivity contribution in [1.82, 2.24) is 10.6 Å². The molecule has 1 rings (SSSR count). The molecule has 0 aliphatic carbocycles. The summed E-state index contributed by atoms with van der Waals surface area (Å²) in [4.78, 5) is 28.5. The molecule has 1 aromatic rings. The van der Waals surface area contributed by atoms with Crippen molar-refractivity contribution in [3.63, 3.8) is 0 Å². The van der Waals surface area contributed by atoms with Gasteiger partial charge >= 0.3 is 12.2 Å². The minimum atomic E-state index is -0.710. The molecule has 0 saturated carbocycles. The van der Waals surface area contributed by atoms with Crippen molar-refractivity contribution >= 4 is 18.1 Å². The van der Waals surface area contributed by atoms with Gasteiger partial charge in [-0.05, 0) is 72.1 Å². The molecule has 0 fully saturated rings. The molecule has 0 heterocycles. The van der Waals surface area contributed by atoms with Gasteiger partial charge in [-0.15, -0.1) is 0 Å². The fraction of sp³-hybridized carbons (Fsp3) is 0.550. The maximum atomic E-state index is 12.1. The molecule has 0 aliphatic heterocycles. The van der Waals surface area contributed by atoms with Crippen molar-refractivity contribution in [3.05, 3.63) is 34.9 Å².